The van der Waals surface area contributed by atoms with Gasteiger partial charge in [-0.3, -0.25) is 0 Å². The highest BCUT2D eigenvalue weighted by molar-refractivity contribution is 7.26. The van der Waals surface area contributed by atoms with Gasteiger partial charge >= 0.3 is 0 Å². The van der Waals surface area contributed by atoms with Gasteiger partial charge < -0.3 is 14.4 Å². The normalized spacial score (nSPS) is 11.4. The van der Waals surface area contributed by atoms with Gasteiger partial charge in [0.1, 0.15) is 0 Å². The maximum Gasteiger partial charge on any atom is 0.0634 e. The Morgan fingerprint density at radius 1 is 0.250 bits per heavy atom. The van der Waals surface area contributed by atoms with Crippen LogP contribution in [-0.4, -0.2) is 4.57 Å². The number of para-hydroxylation sites is 1. The lowest BCUT2D eigenvalue weighted by molar-refractivity contribution is 1.18. The van der Waals surface area contributed by atoms with Crippen molar-refractivity contribution in [3.63, 3.8) is 0 Å². The highest BCUT2D eigenvalue weighted by Gasteiger charge is 2.22. The SMILES string of the molecule is c1ccc(-c2ccc(N(c3ccc(-c4ccccc4)cc3)c3cccc(-c4ccc(N(c5cccc(-c6ccccc6)c5)c5ccc6c7ccc8sc9ccccc9c8c7n(-c7ccccc7)c6c5)cc4)c3)cc2)cc1. The van der Waals surface area contributed by atoms with Crippen LogP contribution in [0, 0.1) is 0 Å². The second kappa shape index (κ2) is 19.3. The van der Waals surface area contributed by atoms with Crippen LogP contribution < -0.4 is 9.80 Å². The summed E-state index contributed by atoms with van der Waals surface area (Å²) in [6.45, 7) is 0. The van der Waals surface area contributed by atoms with E-state index < -0.39 is 0 Å². The first kappa shape index (κ1) is 44.9. The van der Waals surface area contributed by atoms with Crippen LogP contribution in [0.3, 0.4) is 0 Å². The number of hydrogen-bond donors (Lipinski definition) is 0. The van der Waals surface area contributed by atoms with Gasteiger partial charge in [0.2, 0.25) is 0 Å². The van der Waals surface area contributed by atoms with E-state index in [1.54, 1.807) is 0 Å². The first-order valence-electron chi connectivity index (χ1n) is 25.9. The molecule has 0 amide bonds. The standard InChI is InChI=1S/C72H49N3S/c1-5-17-50(18-6-1)53-31-37-59(38-32-53)73(60-39-33-54(34-40-60)51-19-7-2-8-20-51)62-27-16-24-57(48-62)55-35-41-61(42-36-55)74(63-28-15-23-56(47-63)52-21-9-3-10-22-52)64-43-44-65-66-45-46-70-71(67-29-13-14-30-69(67)76-70)72(66)75(68(65)49-64)58-25-11-4-12-26-58/h1-49H. The molecule has 12 aromatic carbocycles. The Balaban J connectivity index is 0.888. The number of benzene rings is 12. The number of thiophene rings is 1. The molecule has 0 bridgehead atoms. The van der Waals surface area contributed by atoms with Gasteiger partial charge in [-0.2, -0.15) is 0 Å². The Labute approximate surface area is 446 Å². The molecule has 14 aromatic rings. The minimum Gasteiger partial charge on any atom is -0.310 e. The summed E-state index contributed by atoms with van der Waals surface area (Å²) < 4.78 is 5.08. The molecule has 0 spiro atoms. The number of anilines is 6. The van der Waals surface area contributed by atoms with Gasteiger partial charge in [-0.05, 0) is 142 Å². The smallest absolute Gasteiger partial charge is 0.0634 e. The minimum atomic E-state index is 1.07. The first-order valence-corrected chi connectivity index (χ1v) is 26.7. The molecule has 4 heteroatoms. The number of hydrogen-bond acceptors (Lipinski definition) is 3. The Morgan fingerprint density at radius 2 is 0.645 bits per heavy atom. The summed E-state index contributed by atoms with van der Waals surface area (Å²) in [7, 11) is 0. The zero-order valence-corrected chi connectivity index (χ0v) is 42.4. The summed E-state index contributed by atoms with van der Waals surface area (Å²) in [6, 6.07) is 108. The molecule has 0 aliphatic rings. The predicted octanol–water partition coefficient (Wildman–Crippen LogP) is 20.8. The second-order valence-corrected chi connectivity index (χ2v) is 20.4. The molecule has 2 aromatic heterocycles. The highest BCUT2D eigenvalue weighted by Crippen LogP contribution is 2.46. The molecular weight excluding hydrogens is 939 g/mol. The maximum absolute atomic E-state index is 2.49. The van der Waals surface area contributed by atoms with E-state index in [1.807, 2.05) is 11.3 Å². The lowest BCUT2D eigenvalue weighted by Crippen LogP contribution is -2.10. The quantitative estimate of drug-likeness (QED) is 0.128. The monoisotopic (exact) mass is 987 g/mol. The molecule has 0 N–H and O–H groups in total. The summed E-state index contributed by atoms with van der Waals surface area (Å²) in [5.74, 6) is 0. The van der Waals surface area contributed by atoms with Crippen LogP contribution in [0.5, 0.6) is 0 Å². The zero-order valence-electron chi connectivity index (χ0n) is 41.5. The van der Waals surface area contributed by atoms with Gasteiger partial charge in [0.25, 0.3) is 0 Å². The molecule has 0 fully saturated rings. The first-order chi connectivity index (χ1) is 37.7. The largest absolute Gasteiger partial charge is 0.310 e. The van der Waals surface area contributed by atoms with Crippen molar-refractivity contribution in [3.8, 4) is 50.2 Å². The van der Waals surface area contributed by atoms with Crippen molar-refractivity contribution in [2.24, 2.45) is 0 Å². The fourth-order valence-electron chi connectivity index (χ4n) is 11.1. The van der Waals surface area contributed by atoms with Crippen LogP contribution in [0.15, 0.2) is 297 Å². The number of nitrogens with zero attached hydrogens (tertiary/aromatic N) is 3. The third-order valence-electron chi connectivity index (χ3n) is 14.8. The Morgan fingerprint density at radius 3 is 1.18 bits per heavy atom. The third kappa shape index (κ3) is 8.18. The van der Waals surface area contributed by atoms with Gasteiger partial charge in [0.05, 0.1) is 11.0 Å². The van der Waals surface area contributed by atoms with E-state index in [1.165, 1.54) is 64.3 Å². The molecule has 3 nitrogen and oxygen atoms in total. The molecule has 0 radical (unpaired) electrons. The molecule has 0 aliphatic carbocycles. The Kier molecular flexibility index (Phi) is 11.4. The second-order valence-electron chi connectivity index (χ2n) is 19.3. The molecule has 0 aliphatic heterocycles. The highest BCUT2D eigenvalue weighted by atomic mass is 32.1. The fourth-order valence-corrected chi connectivity index (χ4v) is 12.2. The topological polar surface area (TPSA) is 11.4 Å². The van der Waals surface area contributed by atoms with Crippen LogP contribution in [0.1, 0.15) is 0 Å². The van der Waals surface area contributed by atoms with Gasteiger partial charge in [-0.15, -0.1) is 11.3 Å². The van der Waals surface area contributed by atoms with Gasteiger partial charge in [0.15, 0.2) is 0 Å². The Hall–Kier alpha value is -9.74. The molecular formula is C72H49N3S. The molecule has 76 heavy (non-hydrogen) atoms. The summed E-state index contributed by atoms with van der Waals surface area (Å²) >= 11 is 1.87. The molecule has 0 atom stereocenters. The van der Waals surface area contributed by atoms with Gasteiger partial charge in [0, 0.05) is 70.8 Å². The lowest BCUT2D eigenvalue weighted by atomic mass is 10.0. The van der Waals surface area contributed by atoms with Crippen molar-refractivity contribution < 1.29 is 0 Å². The minimum absolute atomic E-state index is 1.07. The van der Waals surface area contributed by atoms with Crippen molar-refractivity contribution in [2.45, 2.75) is 0 Å². The van der Waals surface area contributed by atoms with E-state index in [0.29, 0.717) is 0 Å². The molecule has 0 saturated carbocycles. The molecule has 0 saturated heterocycles. The van der Waals surface area contributed by atoms with Gasteiger partial charge in [-0.1, -0.05) is 200 Å². The van der Waals surface area contributed by atoms with Crippen molar-refractivity contribution in [1.82, 2.24) is 4.57 Å². The number of fused-ring (bicyclic) bond motifs is 7. The molecule has 14 rings (SSSR count). The fraction of sp³-hybridized carbons (Fsp3) is 0. The molecule has 0 unspecified atom stereocenters. The summed E-state index contributed by atoms with van der Waals surface area (Å²) in [5.41, 5.74) is 19.4. The van der Waals surface area contributed by atoms with Crippen molar-refractivity contribution in [1.29, 1.82) is 0 Å². The lowest BCUT2D eigenvalue weighted by Gasteiger charge is -2.27. The van der Waals surface area contributed by atoms with Crippen LogP contribution in [-0.2, 0) is 0 Å². The molecule has 358 valence electrons. The van der Waals surface area contributed by atoms with Crippen LogP contribution in [0.2, 0.25) is 0 Å². The van der Waals surface area contributed by atoms with Gasteiger partial charge in [-0.25, -0.2) is 0 Å². The Bertz CT molecular complexity index is 4270. The number of aromatic nitrogens is 1. The van der Waals surface area contributed by atoms with E-state index >= 15 is 0 Å². The maximum atomic E-state index is 2.49. The number of rotatable bonds is 11. The van der Waals surface area contributed by atoms with E-state index in [2.05, 4.69) is 312 Å². The van der Waals surface area contributed by atoms with Crippen molar-refractivity contribution in [2.75, 3.05) is 9.80 Å². The van der Waals surface area contributed by atoms with Crippen molar-refractivity contribution >= 4 is 87.4 Å². The third-order valence-corrected chi connectivity index (χ3v) is 15.9. The average molecular weight is 988 g/mol. The summed E-state index contributed by atoms with van der Waals surface area (Å²) in [6.07, 6.45) is 0. The van der Waals surface area contributed by atoms with Crippen LogP contribution >= 0.6 is 11.3 Å². The summed E-state index contributed by atoms with van der Waals surface area (Å²) in [4.78, 5) is 4.77. The zero-order chi connectivity index (χ0) is 50.4. The van der Waals surface area contributed by atoms with E-state index in [-0.39, 0.29) is 0 Å². The van der Waals surface area contributed by atoms with Crippen molar-refractivity contribution in [3.05, 3.63) is 297 Å². The summed E-state index contributed by atoms with van der Waals surface area (Å²) in [5, 5.41) is 5.07. The van der Waals surface area contributed by atoms with E-state index in [0.717, 1.165) is 62.0 Å². The van der Waals surface area contributed by atoms with Crippen LogP contribution in [0.4, 0.5) is 34.1 Å². The average Bonchev–Trinajstić information content (AvgIpc) is 4.05. The van der Waals surface area contributed by atoms with E-state index in [4.69, 9.17) is 0 Å². The van der Waals surface area contributed by atoms with Crippen LogP contribution in [0.25, 0.3) is 92.2 Å². The predicted molar refractivity (Wildman–Crippen MR) is 325 cm³/mol. The molecule has 2 heterocycles. The van der Waals surface area contributed by atoms with E-state index in [9.17, 15) is 0 Å².